The SMILES string of the molecule is NNc1ccc(S(=O)(=O)N2CCOC(CO)C2)cc1. The Morgan fingerprint density at radius 1 is 1.42 bits per heavy atom. The van der Waals surface area contributed by atoms with Crippen LogP contribution in [0.1, 0.15) is 0 Å². The summed E-state index contributed by atoms with van der Waals surface area (Å²) in [5.41, 5.74) is 3.07. The normalized spacial score (nSPS) is 21.3. The monoisotopic (exact) mass is 287 g/mol. The highest BCUT2D eigenvalue weighted by atomic mass is 32.2. The topological polar surface area (TPSA) is 105 Å². The van der Waals surface area contributed by atoms with Crippen molar-refractivity contribution in [2.75, 3.05) is 31.7 Å². The molecule has 1 aliphatic rings. The quantitative estimate of drug-likeness (QED) is 0.502. The Balaban J connectivity index is 2.20. The van der Waals surface area contributed by atoms with Gasteiger partial charge in [-0.3, -0.25) is 5.84 Å². The fourth-order valence-electron chi connectivity index (χ4n) is 1.89. The molecule has 1 fully saturated rings. The second kappa shape index (κ2) is 5.85. The van der Waals surface area contributed by atoms with Crippen molar-refractivity contribution in [3.05, 3.63) is 24.3 Å². The lowest BCUT2D eigenvalue weighted by molar-refractivity contribution is -0.0304. The molecule has 0 aromatic heterocycles. The Morgan fingerprint density at radius 3 is 2.68 bits per heavy atom. The predicted molar refractivity (Wildman–Crippen MR) is 69.8 cm³/mol. The number of aliphatic hydroxyl groups excluding tert-OH is 1. The molecule has 1 saturated heterocycles. The van der Waals surface area contributed by atoms with Gasteiger partial charge in [-0.05, 0) is 24.3 Å². The van der Waals surface area contributed by atoms with Gasteiger partial charge < -0.3 is 15.3 Å². The number of nitrogens with zero attached hydrogens (tertiary/aromatic N) is 1. The van der Waals surface area contributed by atoms with E-state index in [-0.39, 0.29) is 31.2 Å². The lowest BCUT2D eigenvalue weighted by atomic mass is 10.3. The zero-order valence-corrected chi connectivity index (χ0v) is 11.1. The molecule has 0 bridgehead atoms. The molecule has 8 heteroatoms. The molecule has 1 atom stereocenters. The van der Waals surface area contributed by atoms with Crippen LogP contribution in [-0.2, 0) is 14.8 Å². The lowest BCUT2D eigenvalue weighted by Crippen LogP contribution is -2.46. The number of hydrogen-bond acceptors (Lipinski definition) is 6. The van der Waals surface area contributed by atoms with Gasteiger partial charge >= 0.3 is 0 Å². The van der Waals surface area contributed by atoms with Gasteiger partial charge in [-0.25, -0.2) is 8.42 Å². The maximum Gasteiger partial charge on any atom is 0.243 e. The molecule has 0 amide bonds. The Labute approximate surface area is 112 Å². The first-order valence-corrected chi connectivity index (χ1v) is 7.31. The van der Waals surface area contributed by atoms with E-state index in [1.54, 1.807) is 12.1 Å². The second-order valence-electron chi connectivity index (χ2n) is 4.21. The van der Waals surface area contributed by atoms with Crippen LogP contribution in [0.4, 0.5) is 5.69 Å². The van der Waals surface area contributed by atoms with Crippen LogP contribution in [0.25, 0.3) is 0 Å². The largest absolute Gasteiger partial charge is 0.394 e. The maximum absolute atomic E-state index is 12.4. The Kier molecular flexibility index (Phi) is 4.38. The number of aliphatic hydroxyl groups is 1. The smallest absolute Gasteiger partial charge is 0.243 e. The minimum Gasteiger partial charge on any atom is -0.394 e. The molecule has 1 aromatic rings. The lowest BCUT2D eigenvalue weighted by Gasteiger charge is -2.31. The van der Waals surface area contributed by atoms with Gasteiger partial charge in [0.1, 0.15) is 0 Å². The molecule has 0 radical (unpaired) electrons. The van der Waals surface area contributed by atoms with Crippen LogP contribution in [0.2, 0.25) is 0 Å². The van der Waals surface area contributed by atoms with Crippen molar-refractivity contribution in [3.63, 3.8) is 0 Å². The third-order valence-corrected chi connectivity index (χ3v) is 4.84. The van der Waals surface area contributed by atoms with E-state index in [1.807, 2.05) is 0 Å². The molecule has 4 N–H and O–H groups in total. The van der Waals surface area contributed by atoms with Crippen molar-refractivity contribution in [3.8, 4) is 0 Å². The minimum atomic E-state index is -3.56. The van der Waals surface area contributed by atoms with Crippen molar-refractivity contribution in [1.82, 2.24) is 4.31 Å². The molecule has 0 aliphatic carbocycles. The van der Waals surface area contributed by atoms with E-state index in [0.717, 1.165) is 0 Å². The van der Waals surface area contributed by atoms with Crippen LogP contribution in [0, 0.1) is 0 Å². The van der Waals surface area contributed by atoms with Crippen LogP contribution in [0.15, 0.2) is 29.2 Å². The van der Waals surface area contributed by atoms with Crippen LogP contribution >= 0.6 is 0 Å². The van der Waals surface area contributed by atoms with Crippen LogP contribution in [-0.4, -0.2) is 50.2 Å². The number of anilines is 1. The van der Waals surface area contributed by atoms with Gasteiger partial charge in [-0.2, -0.15) is 4.31 Å². The van der Waals surface area contributed by atoms with Gasteiger partial charge in [-0.1, -0.05) is 0 Å². The number of nitrogens with two attached hydrogens (primary N) is 1. The number of morpholine rings is 1. The van der Waals surface area contributed by atoms with Gasteiger partial charge in [-0.15, -0.1) is 0 Å². The van der Waals surface area contributed by atoms with E-state index in [2.05, 4.69) is 5.43 Å². The van der Waals surface area contributed by atoms with E-state index in [4.69, 9.17) is 15.7 Å². The van der Waals surface area contributed by atoms with E-state index in [9.17, 15) is 8.42 Å². The average molecular weight is 287 g/mol. The number of hydrogen-bond donors (Lipinski definition) is 3. The van der Waals surface area contributed by atoms with E-state index in [1.165, 1.54) is 16.4 Å². The number of ether oxygens (including phenoxy) is 1. The Hall–Kier alpha value is -1.19. The van der Waals surface area contributed by atoms with Crippen molar-refractivity contribution in [1.29, 1.82) is 0 Å². The molecule has 19 heavy (non-hydrogen) atoms. The van der Waals surface area contributed by atoms with Crippen LogP contribution in [0.3, 0.4) is 0 Å². The van der Waals surface area contributed by atoms with Crippen LogP contribution < -0.4 is 11.3 Å². The molecule has 1 aromatic carbocycles. The number of rotatable bonds is 4. The summed E-state index contributed by atoms with van der Waals surface area (Å²) in [6.45, 7) is 0.542. The number of hydrazine groups is 1. The highest BCUT2D eigenvalue weighted by Crippen LogP contribution is 2.20. The molecule has 0 spiro atoms. The zero-order valence-electron chi connectivity index (χ0n) is 10.3. The Morgan fingerprint density at radius 2 is 2.11 bits per heavy atom. The number of benzene rings is 1. The van der Waals surface area contributed by atoms with Gasteiger partial charge in [0.25, 0.3) is 0 Å². The third-order valence-electron chi connectivity index (χ3n) is 2.96. The van der Waals surface area contributed by atoms with E-state index < -0.39 is 16.1 Å². The molecule has 1 heterocycles. The fraction of sp³-hybridized carbons (Fsp3) is 0.455. The van der Waals surface area contributed by atoms with Gasteiger partial charge in [0.2, 0.25) is 10.0 Å². The number of nitrogens with one attached hydrogen (secondary N) is 1. The Bertz CT molecular complexity index is 517. The molecular weight excluding hydrogens is 270 g/mol. The van der Waals surface area contributed by atoms with Crippen LogP contribution in [0.5, 0.6) is 0 Å². The van der Waals surface area contributed by atoms with E-state index in [0.29, 0.717) is 5.69 Å². The second-order valence-corrected chi connectivity index (χ2v) is 6.15. The summed E-state index contributed by atoms with van der Waals surface area (Å²) >= 11 is 0. The molecule has 0 saturated carbocycles. The molecule has 2 rings (SSSR count). The summed E-state index contributed by atoms with van der Waals surface area (Å²) in [6, 6.07) is 6.18. The molecule has 1 unspecified atom stereocenters. The summed E-state index contributed by atoms with van der Waals surface area (Å²) in [5.74, 6) is 5.23. The van der Waals surface area contributed by atoms with Crippen molar-refractivity contribution in [2.45, 2.75) is 11.0 Å². The van der Waals surface area contributed by atoms with Gasteiger partial charge in [0, 0.05) is 18.8 Å². The molecular formula is C11H17N3O4S. The summed E-state index contributed by atoms with van der Waals surface area (Å²) < 4.78 is 31.3. The summed E-state index contributed by atoms with van der Waals surface area (Å²) in [7, 11) is -3.56. The first kappa shape index (κ1) is 14.2. The van der Waals surface area contributed by atoms with Crippen molar-refractivity contribution < 1.29 is 18.3 Å². The summed E-state index contributed by atoms with van der Waals surface area (Å²) in [4.78, 5) is 0.199. The number of sulfonamides is 1. The first-order chi connectivity index (χ1) is 9.07. The maximum atomic E-state index is 12.4. The van der Waals surface area contributed by atoms with Gasteiger partial charge in [0.15, 0.2) is 0 Å². The van der Waals surface area contributed by atoms with E-state index >= 15 is 0 Å². The minimum absolute atomic E-state index is 0.162. The van der Waals surface area contributed by atoms with Gasteiger partial charge in [0.05, 0.1) is 24.2 Å². The first-order valence-electron chi connectivity index (χ1n) is 5.87. The highest BCUT2D eigenvalue weighted by molar-refractivity contribution is 7.89. The summed E-state index contributed by atoms with van der Waals surface area (Å²) in [5, 5.41) is 9.04. The molecule has 7 nitrogen and oxygen atoms in total. The average Bonchev–Trinajstić information content (AvgIpc) is 2.47. The van der Waals surface area contributed by atoms with Crippen molar-refractivity contribution >= 4 is 15.7 Å². The van der Waals surface area contributed by atoms with Crippen molar-refractivity contribution in [2.24, 2.45) is 5.84 Å². The molecule has 106 valence electrons. The highest BCUT2D eigenvalue weighted by Gasteiger charge is 2.30. The number of nitrogen functional groups attached to an aromatic ring is 1. The molecule has 1 aliphatic heterocycles. The third kappa shape index (κ3) is 3.04. The predicted octanol–water partition coefficient (Wildman–Crippen LogP) is -0.646. The zero-order chi connectivity index (χ0) is 13.9. The summed E-state index contributed by atoms with van der Waals surface area (Å²) in [6.07, 6.45) is -0.464. The standard InChI is InChI=1S/C11H17N3O4S/c12-13-9-1-3-11(4-2-9)19(16,17)14-5-6-18-10(7-14)8-15/h1-4,10,13,15H,5-8,12H2. The fourth-order valence-corrected chi connectivity index (χ4v) is 3.35.